The summed E-state index contributed by atoms with van der Waals surface area (Å²) in [5, 5.41) is 2.86. The van der Waals surface area contributed by atoms with Crippen molar-refractivity contribution in [2.24, 2.45) is 11.8 Å². The highest BCUT2D eigenvalue weighted by atomic mass is 16.2. The lowest BCUT2D eigenvalue weighted by Crippen LogP contribution is -2.34. The third kappa shape index (κ3) is 3.35. The van der Waals surface area contributed by atoms with Gasteiger partial charge < -0.3 is 15.6 Å². The standard InChI is InChI=1S/C13H19N3O2/c1-9(10-2-3-10)6-15-12(17)8-16-7-11(14)4-5-13(16)18/h4-5,7,9-10H,2-3,6,8,14H2,1H3,(H,15,17). The third-order valence-corrected chi connectivity index (χ3v) is 3.37. The molecule has 1 fully saturated rings. The number of rotatable bonds is 5. The van der Waals surface area contributed by atoms with Crippen LogP contribution in [0.1, 0.15) is 19.8 Å². The summed E-state index contributed by atoms with van der Waals surface area (Å²) in [6.45, 7) is 2.85. The Morgan fingerprint density at radius 3 is 2.94 bits per heavy atom. The summed E-state index contributed by atoms with van der Waals surface area (Å²) in [5.41, 5.74) is 5.85. The number of nitrogens with one attached hydrogen (secondary N) is 1. The highest BCUT2D eigenvalue weighted by Gasteiger charge is 2.27. The molecule has 0 aromatic carbocycles. The van der Waals surface area contributed by atoms with Crippen LogP contribution in [0.2, 0.25) is 0 Å². The Kier molecular flexibility index (Phi) is 3.69. The van der Waals surface area contributed by atoms with Crippen LogP contribution in [0.25, 0.3) is 0 Å². The lowest BCUT2D eigenvalue weighted by molar-refractivity contribution is -0.121. The predicted molar refractivity (Wildman–Crippen MR) is 70.0 cm³/mol. The average Bonchev–Trinajstić information content (AvgIpc) is 3.15. The SMILES string of the molecule is CC(CNC(=O)Cn1cc(N)ccc1=O)C1CC1. The van der Waals surface area contributed by atoms with Gasteiger partial charge in [-0.2, -0.15) is 0 Å². The fourth-order valence-electron chi connectivity index (χ4n) is 1.99. The molecule has 1 aromatic heterocycles. The highest BCUT2D eigenvalue weighted by molar-refractivity contribution is 5.75. The van der Waals surface area contributed by atoms with E-state index in [1.54, 1.807) is 0 Å². The minimum atomic E-state index is -0.213. The van der Waals surface area contributed by atoms with Gasteiger partial charge in [-0.1, -0.05) is 6.92 Å². The molecule has 0 radical (unpaired) electrons. The lowest BCUT2D eigenvalue weighted by atomic mass is 10.1. The fourth-order valence-corrected chi connectivity index (χ4v) is 1.99. The molecule has 0 bridgehead atoms. The van der Waals surface area contributed by atoms with Crippen LogP contribution in [-0.4, -0.2) is 17.0 Å². The second kappa shape index (κ2) is 5.25. The summed E-state index contributed by atoms with van der Waals surface area (Å²) in [4.78, 5) is 23.2. The van der Waals surface area contributed by atoms with Crippen molar-refractivity contribution in [2.75, 3.05) is 12.3 Å². The predicted octanol–water partition coefficient (Wildman–Crippen LogP) is 0.593. The minimum Gasteiger partial charge on any atom is -0.398 e. The van der Waals surface area contributed by atoms with Crippen LogP contribution in [0.3, 0.4) is 0 Å². The molecule has 0 spiro atoms. The Balaban J connectivity index is 1.86. The molecular formula is C13H19N3O2. The highest BCUT2D eigenvalue weighted by Crippen LogP contribution is 2.35. The van der Waals surface area contributed by atoms with Gasteiger partial charge in [0, 0.05) is 24.5 Å². The maximum absolute atomic E-state index is 11.7. The number of nitrogens with two attached hydrogens (primary N) is 1. The van der Waals surface area contributed by atoms with E-state index in [4.69, 9.17) is 5.73 Å². The number of carbonyl (C=O) groups is 1. The number of hydrogen-bond acceptors (Lipinski definition) is 3. The number of aromatic nitrogens is 1. The molecule has 5 nitrogen and oxygen atoms in total. The van der Waals surface area contributed by atoms with E-state index in [1.165, 1.54) is 35.7 Å². The maximum atomic E-state index is 11.7. The van der Waals surface area contributed by atoms with Crippen LogP contribution in [0.5, 0.6) is 0 Å². The average molecular weight is 249 g/mol. The van der Waals surface area contributed by atoms with Gasteiger partial charge in [0.15, 0.2) is 0 Å². The number of pyridine rings is 1. The molecule has 1 saturated carbocycles. The van der Waals surface area contributed by atoms with E-state index in [9.17, 15) is 9.59 Å². The van der Waals surface area contributed by atoms with Crippen molar-refractivity contribution in [1.29, 1.82) is 0 Å². The Labute approximate surface area is 106 Å². The molecule has 1 heterocycles. The van der Waals surface area contributed by atoms with E-state index >= 15 is 0 Å². The van der Waals surface area contributed by atoms with Crippen molar-refractivity contribution in [1.82, 2.24) is 9.88 Å². The van der Waals surface area contributed by atoms with Gasteiger partial charge in [-0.25, -0.2) is 0 Å². The van der Waals surface area contributed by atoms with Crippen LogP contribution in [0.4, 0.5) is 5.69 Å². The molecule has 1 atom stereocenters. The van der Waals surface area contributed by atoms with Gasteiger partial charge in [-0.15, -0.1) is 0 Å². The van der Waals surface area contributed by atoms with Gasteiger partial charge >= 0.3 is 0 Å². The number of amides is 1. The van der Waals surface area contributed by atoms with Gasteiger partial charge in [-0.3, -0.25) is 9.59 Å². The molecule has 2 rings (SSSR count). The molecule has 0 aliphatic heterocycles. The van der Waals surface area contributed by atoms with Gasteiger partial charge in [0.05, 0.1) is 0 Å². The Morgan fingerprint density at radius 1 is 1.56 bits per heavy atom. The van der Waals surface area contributed by atoms with Gasteiger partial charge in [-0.05, 0) is 30.7 Å². The molecule has 5 heteroatoms. The number of nitrogen functional groups attached to an aromatic ring is 1. The Bertz CT molecular complexity index is 491. The zero-order valence-electron chi connectivity index (χ0n) is 10.6. The van der Waals surface area contributed by atoms with Crippen molar-refractivity contribution in [2.45, 2.75) is 26.3 Å². The minimum absolute atomic E-state index is 0.0290. The lowest BCUT2D eigenvalue weighted by Gasteiger charge is -2.12. The molecule has 1 unspecified atom stereocenters. The summed E-state index contributed by atoms with van der Waals surface area (Å²) in [6, 6.07) is 2.90. The third-order valence-electron chi connectivity index (χ3n) is 3.37. The Hall–Kier alpha value is -1.78. The van der Waals surface area contributed by atoms with Crippen LogP contribution in [-0.2, 0) is 11.3 Å². The van der Waals surface area contributed by atoms with Crippen LogP contribution in [0.15, 0.2) is 23.1 Å². The largest absolute Gasteiger partial charge is 0.398 e. The van der Waals surface area contributed by atoms with Crippen LogP contribution >= 0.6 is 0 Å². The van der Waals surface area contributed by atoms with Crippen LogP contribution in [0, 0.1) is 11.8 Å². The van der Waals surface area contributed by atoms with E-state index in [0.717, 1.165) is 5.92 Å². The normalized spacial score (nSPS) is 16.3. The number of carbonyl (C=O) groups excluding carboxylic acids is 1. The van der Waals surface area contributed by atoms with Crippen molar-refractivity contribution in [3.8, 4) is 0 Å². The smallest absolute Gasteiger partial charge is 0.251 e. The van der Waals surface area contributed by atoms with E-state index in [-0.39, 0.29) is 18.0 Å². The molecule has 1 aliphatic rings. The summed E-state index contributed by atoms with van der Waals surface area (Å²) in [6.07, 6.45) is 4.03. The van der Waals surface area contributed by atoms with Crippen LogP contribution < -0.4 is 16.6 Å². The number of hydrogen-bond donors (Lipinski definition) is 2. The monoisotopic (exact) mass is 249 g/mol. The van der Waals surface area contributed by atoms with E-state index in [1.807, 2.05) is 0 Å². The maximum Gasteiger partial charge on any atom is 0.251 e. The van der Waals surface area contributed by atoms with Gasteiger partial charge in [0.1, 0.15) is 6.54 Å². The first-order chi connectivity index (χ1) is 8.56. The molecule has 18 heavy (non-hydrogen) atoms. The first-order valence-electron chi connectivity index (χ1n) is 6.29. The summed E-state index contributed by atoms with van der Waals surface area (Å²) in [7, 11) is 0. The van der Waals surface area contributed by atoms with Crippen molar-refractivity contribution in [3.63, 3.8) is 0 Å². The Morgan fingerprint density at radius 2 is 2.28 bits per heavy atom. The zero-order valence-corrected chi connectivity index (χ0v) is 10.6. The molecule has 98 valence electrons. The quantitative estimate of drug-likeness (QED) is 0.802. The second-order valence-corrected chi connectivity index (χ2v) is 5.05. The fraction of sp³-hybridized carbons (Fsp3) is 0.538. The summed E-state index contributed by atoms with van der Waals surface area (Å²) < 4.78 is 1.33. The summed E-state index contributed by atoms with van der Waals surface area (Å²) >= 11 is 0. The topological polar surface area (TPSA) is 77.1 Å². The molecule has 3 N–H and O–H groups in total. The summed E-state index contributed by atoms with van der Waals surface area (Å²) in [5.74, 6) is 1.14. The molecule has 1 aromatic rings. The zero-order chi connectivity index (χ0) is 13.1. The first-order valence-corrected chi connectivity index (χ1v) is 6.29. The molecule has 1 amide bonds. The second-order valence-electron chi connectivity index (χ2n) is 5.05. The van der Waals surface area contributed by atoms with Crippen molar-refractivity contribution >= 4 is 11.6 Å². The van der Waals surface area contributed by atoms with Gasteiger partial charge in [0.2, 0.25) is 5.91 Å². The van der Waals surface area contributed by atoms with E-state index in [0.29, 0.717) is 18.2 Å². The van der Waals surface area contributed by atoms with Crippen molar-refractivity contribution in [3.05, 3.63) is 28.7 Å². The van der Waals surface area contributed by atoms with Gasteiger partial charge in [0.25, 0.3) is 5.56 Å². The first kappa shape index (κ1) is 12.7. The van der Waals surface area contributed by atoms with E-state index < -0.39 is 0 Å². The number of nitrogens with zero attached hydrogens (tertiary/aromatic N) is 1. The molecular weight excluding hydrogens is 230 g/mol. The van der Waals surface area contributed by atoms with Crippen molar-refractivity contribution < 1.29 is 4.79 Å². The van der Waals surface area contributed by atoms with E-state index in [2.05, 4.69) is 12.2 Å². The molecule has 0 saturated heterocycles. The number of anilines is 1. The molecule has 1 aliphatic carbocycles.